The van der Waals surface area contributed by atoms with E-state index in [1.54, 1.807) is 37.3 Å². The summed E-state index contributed by atoms with van der Waals surface area (Å²) in [7, 11) is -3.87. The van der Waals surface area contributed by atoms with Gasteiger partial charge in [0.2, 0.25) is 0 Å². The largest absolute Gasteiger partial charge is 0.268 e. The van der Waals surface area contributed by atoms with Crippen molar-refractivity contribution >= 4 is 31.9 Å². The van der Waals surface area contributed by atoms with Gasteiger partial charge in [0, 0.05) is 10.0 Å². The summed E-state index contributed by atoms with van der Waals surface area (Å²) < 4.78 is 27.4. The van der Waals surface area contributed by atoms with E-state index in [0.29, 0.717) is 11.1 Å². The van der Waals surface area contributed by atoms with E-state index in [0.717, 1.165) is 16.5 Å². The lowest BCUT2D eigenvalue weighted by Crippen LogP contribution is -2.31. The van der Waals surface area contributed by atoms with E-state index < -0.39 is 15.9 Å². The number of sulfonamides is 1. The van der Waals surface area contributed by atoms with Crippen molar-refractivity contribution in [3.8, 4) is 0 Å². The van der Waals surface area contributed by atoms with Crippen LogP contribution in [-0.4, -0.2) is 14.3 Å². The first-order valence-corrected chi connectivity index (χ1v) is 9.03. The summed E-state index contributed by atoms with van der Waals surface area (Å²) in [6.45, 7) is 3.74. The predicted molar refractivity (Wildman–Crippen MR) is 89.4 cm³/mol. The average molecular weight is 382 g/mol. The Morgan fingerprint density at radius 1 is 1.14 bits per heavy atom. The van der Waals surface area contributed by atoms with E-state index in [1.807, 2.05) is 6.92 Å². The zero-order valence-corrected chi connectivity index (χ0v) is 14.7. The van der Waals surface area contributed by atoms with Crippen molar-refractivity contribution in [2.75, 3.05) is 0 Å². The highest BCUT2D eigenvalue weighted by atomic mass is 79.9. The molecule has 0 atom stereocenters. The molecule has 0 aliphatic carbocycles. The molecule has 0 spiro atoms. The zero-order chi connectivity index (χ0) is 16.3. The standard InChI is InChI=1S/C16H16BrNO3S/c1-3-12-4-7-14(8-5-12)22(20,21)18-16(19)15-9-6-13(17)10-11(15)2/h4-10H,3H2,1-2H3,(H,18,19). The Balaban J connectivity index is 2.25. The Hall–Kier alpha value is -1.66. The van der Waals surface area contributed by atoms with Gasteiger partial charge >= 0.3 is 0 Å². The molecule has 0 aliphatic heterocycles. The quantitative estimate of drug-likeness (QED) is 0.881. The Morgan fingerprint density at radius 3 is 2.32 bits per heavy atom. The van der Waals surface area contributed by atoms with Gasteiger partial charge in [0.15, 0.2) is 0 Å². The molecule has 0 saturated heterocycles. The van der Waals surface area contributed by atoms with Crippen LogP contribution in [0, 0.1) is 6.92 Å². The summed E-state index contributed by atoms with van der Waals surface area (Å²) in [5.74, 6) is -0.635. The lowest BCUT2D eigenvalue weighted by atomic mass is 10.1. The molecule has 0 saturated carbocycles. The molecule has 0 fully saturated rings. The van der Waals surface area contributed by atoms with Gasteiger partial charge in [-0.25, -0.2) is 13.1 Å². The number of benzene rings is 2. The molecule has 2 aromatic carbocycles. The smallest absolute Gasteiger partial charge is 0.265 e. The molecular formula is C16H16BrNO3S. The fourth-order valence-electron chi connectivity index (χ4n) is 2.02. The summed E-state index contributed by atoms with van der Waals surface area (Å²) in [5, 5.41) is 0. The van der Waals surface area contributed by atoms with Crippen LogP contribution in [0.15, 0.2) is 51.8 Å². The number of hydrogen-bond donors (Lipinski definition) is 1. The first-order chi connectivity index (χ1) is 10.3. The molecule has 0 radical (unpaired) electrons. The molecule has 1 N–H and O–H groups in total. The van der Waals surface area contributed by atoms with Crippen molar-refractivity contribution in [1.82, 2.24) is 4.72 Å². The van der Waals surface area contributed by atoms with E-state index in [1.165, 1.54) is 12.1 Å². The second-order valence-corrected chi connectivity index (χ2v) is 7.49. The average Bonchev–Trinajstić information content (AvgIpc) is 2.46. The van der Waals surface area contributed by atoms with Gasteiger partial charge in [0.25, 0.3) is 15.9 Å². The molecule has 22 heavy (non-hydrogen) atoms. The van der Waals surface area contributed by atoms with E-state index in [2.05, 4.69) is 20.7 Å². The molecule has 0 aliphatic rings. The van der Waals surface area contributed by atoms with Gasteiger partial charge in [-0.3, -0.25) is 4.79 Å². The first kappa shape index (κ1) is 16.7. The molecule has 2 aromatic rings. The Bertz CT molecular complexity index is 799. The third-order valence-electron chi connectivity index (χ3n) is 3.30. The second kappa shape index (κ2) is 6.62. The van der Waals surface area contributed by atoms with Crippen molar-refractivity contribution in [2.24, 2.45) is 0 Å². The molecule has 1 amide bonds. The maximum atomic E-state index is 12.3. The lowest BCUT2D eigenvalue weighted by molar-refractivity contribution is 0.0981. The Labute approximate surface area is 138 Å². The summed E-state index contributed by atoms with van der Waals surface area (Å²) in [6.07, 6.45) is 0.824. The van der Waals surface area contributed by atoms with E-state index >= 15 is 0 Å². The van der Waals surface area contributed by atoms with Gasteiger partial charge in [0.1, 0.15) is 0 Å². The molecular weight excluding hydrogens is 366 g/mol. The summed E-state index contributed by atoms with van der Waals surface area (Å²) >= 11 is 3.31. The molecule has 0 aromatic heterocycles. The predicted octanol–water partition coefficient (Wildman–Crippen LogP) is 3.44. The van der Waals surface area contributed by atoms with Gasteiger partial charge < -0.3 is 0 Å². The van der Waals surface area contributed by atoms with Crippen LogP contribution in [0.5, 0.6) is 0 Å². The van der Waals surface area contributed by atoms with Gasteiger partial charge in [-0.15, -0.1) is 0 Å². The number of nitrogens with one attached hydrogen (secondary N) is 1. The van der Waals surface area contributed by atoms with E-state index in [4.69, 9.17) is 0 Å². The number of carbonyl (C=O) groups is 1. The normalized spacial score (nSPS) is 11.2. The molecule has 0 unspecified atom stereocenters. The van der Waals surface area contributed by atoms with Gasteiger partial charge in [-0.1, -0.05) is 35.0 Å². The van der Waals surface area contributed by atoms with Crippen molar-refractivity contribution in [2.45, 2.75) is 25.2 Å². The molecule has 2 rings (SSSR count). The maximum Gasteiger partial charge on any atom is 0.265 e. The highest BCUT2D eigenvalue weighted by molar-refractivity contribution is 9.10. The minimum Gasteiger partial charge on any atom is -0.268 e. The molecule has 0 heterocycles. The van der Waals surface area contributed by atoms with Gasteiger partial charge in [-0.05, 0) is 54.8 Å². The third kappa shape index (κ3) is 3.75. The van der Waals surface area contributed by atoms with E-state index in [9.17, 15) is 13.2 Å². The maximum absolute atomic E-state index is 12.3. The topological polar surface area (TPSA) is 63.2 Å². The fraction of sp³-hybridized carbons (Fsp3) is 0.188. The number of hydrogen-bond acceptors (Lipinski definition) is 3. The number of carbonyl (C=O) groups excluding carboxylic acids is 1. The summed E-state index contributed by atoms with van der Waals surface area (Å²) in [6, 6.07) is 11.5. The van der Waals surface area contributed by atoms with Crippen molar-refractivity contribution < 1.29 is 13.2 Å². The summed E-state index contributed by atoms with van der Waals surface area (Å²) in [5.41, 5.74) is 2.06. The number of halogens is 1. The monoisotopic (exact) mass is 381 g/mol. The Kier molecular flexibility index (Phi) is 5.03. The minimum absolute atomic E-state index is 0.0767. The third-order valence-corrected chi connectivity index (χ3v) is 5.14. The van der Waals surface area contributed by atoms with Crippen LogP contribution in [-0.2, 0) is 16.4 Å². The number of aryl methyl sites for hydroxylation is 2. The number of amides is 1. The molecule has 0 bridgehead atoms. The highest BCUT2D eigenvalue weighted by Crippen LogP contribution is 2.17. The second-order valence-electron chi connectivity index (χ2n) is 4.89. The van der Waals surface area contributed by atoms with Crippen LogP contribution in [0.1, 0.15) is 28.4 Å². The fourth-order valence-corrected chi connectivity index (χ4v) is 3.46. The van der Waals surface area contributed by atoms with Crippen molar-refractivity contribution in [3.05, 3.63) is 63.6 Å². The lowest BCUT2D eigenvalue weighted by Gasteiger charge is -2.09. The van der Waals surface area contributed by atoms with Gasteiger partial charge in [-0.2, -0.15) is 0 Å². The van der Waals surface area contributed by atoms with Crippen molar-refractivity contribution in [1.29, 1.82) is 0 Å². The first-order valence-electron chi connectivity index (χ1n) is 6.75. The van der Waals surface area contributed by atoms with Crippen LogP contribution in [0.2, 0.25) is 0 Å². The van der Waals surface area contributed by atoms with Crippen molar-refractivity contribution in [3.63, 3.8) is 0 Å². The van der Waals surface area contributed by atoms with E-state index in [-0.39, 0.29) is 4.90 Å². The van der Waals surface area contributed by atoms with Crippen LogP contribution in [0.3, 0.4) is 0 Å². The van der Waals surface area contributed by atoms with Crippen LogP contribution in [0.4, 0.5) is 0 Å². The highest BCUT2D eigenvalue weighted by Gasteiger charge is 2.19. The molecule has 116 valence electrons. The zero-order valence-electron chi connectivity index (χ0n) is 12.3. The van der Waals surface area contributed by atoms with Crippen LogP contribution in [0.25, 0.3) is 0 Å². The van der Waals surface area contributed by atoms with Crippen LogP contribution < -0.4 is 4.72 Å². The SMILES string of the molecule is CCc1ccc(S(=O)(=O)NC(=O)c2ccc(Br)cc2C)cc1. The molecule has 6 heteroatoms. The Morgan fingerprint density at radius 2 is 1.77 bits per heavy atom. The minimum atomic E-state index is -3.87. The molecule has 4 nitrogen and oxygen atoms in total. The van der Waals surface area contributed by atoms with Gasteiger partial charge in [0.05, 0.1) is 4.90 Å². The van der Waals surface area contributed by atoms with Crippen LogP contribution >= 0.6 is 15.9 Å². The summed E-state index contributed by atoms with van der Waals surface area (Å²) in [4.78, 5) is 12.3. The number of rotatable bonds is 4.